The van der Waals surface area contributed by atoms with Crippen molar-refractivity contribution >= 4 is 33.1 Å². The molecule has 13 heteroatoms. The third-order valence-corrected chi connectivity index (χ3v) is 6.82. The molecule has 206 valence electrons. The smallest absolute Gasteiger partial charge is 0.257 e. The molecule has 1 aliphatic rings. The van der Waals surface area contributed by atoms with Gasteiger partial charge in [-0.1, -0.05) is 0 Å². The van der Waals surface area contributed by atoms with E-state index in [0.29, 0.717) is 52.1 Å². The van der Waals surface area contributed by atoms with Gasteiger partial charge in [0, 0.05) is 49.0 Å². The summed E-state index contributed by atoms with van der Waals surface area (Å²) in [6.45, 7) is 7.33. The van der Waals surface area contributed by atoms with Crippen LogP contribution in [0.25, 0.3) is 22.5 Å². The van der Waals surface area contributed by atoms with Crippen LogP contribution in [0.2, 0.25) is 0 Å². The molecule has 5 heterocycles. The maximum atomic E-state index is 12.5. The number of nitrogens with zero attached hydrogens (tertiary/aromatic N) is 5. The summed E-state index contributed by atoms with van der Waals surface area (Å²) in [7, 11) is -3.68. The van der Waals surface area contributed by atoms with Crippen LogP contribution in [-0.2, 0) is 14.6 Å². The molecule has 4 aromatic heterocycles. The molecule has 4 aromatic rings. The van der Waals surface area contributed by atoms with E-state index in [2.05, 4.69) is 35.6 Å². The van der Waals surface area contributed by atoms with Crippen LogP contribution in [0.4, 0.5) is 17.3 Å². The molecule has 5 rings (SSSR count). The first kappa shape index (κ1) is 26.9. The molecule has 40 heavy (non-hydrogen) atoms. The molecule has 0 bridgehead atoms. The van der Waals surface area contributed by atoms with Gasteiger partial charge in [-0.05, 0) is 45.0 Å². The van der Waals surface area contributed by atoms with Gasteiger partial charge >= 0.3 is 0 Å². The van der Waals surface area contributed by atoms with E-state index in [-0.39, 0.29) is 22.6 Å². The number of rotatable bonds is 6. The molecule has 0 radical (unpaired) electrons. The Balaban J connectivity index is 1.62. The van der Waals surface area contributed by atoms with Crippen molar-refractivity contribution < 1.29 is 22.7 Å². The highest BCUT2D eigenvalue weighted by molar-refractivity contribution is 7.90. The second-order valence-corrected chi connectivity index (χ2v) is 11.9. The number of ether oxygens (including phenoxy) is 2. The van der Waals surface area contributed by atoms with Gasteiger partial charge < -0.3 is 20.1 Å². The van der Waals surface area contributed by atoms with Gasteiger partial charge in [-0.2, -0.15) is 0 Å². The minimum atomic E-state index is -3.68. The van der Waals surface area contributed by atoms with Crippen LogP contribution in [0.5, 0.6) is 11.6 Å². The van der Waals surface area contributed by atoms with Gasteiger partial charge in [0.05, 0.1) is 22.8 Å². The lowest BCUT2D eigenvalue weighted by Gasteiger charge is -2.31. The van der Waals surface area contributed by atoms with Gasteiger partial charge in [0.25, 0.3) is 5.88 Å². The lowest BCUT2D eigenvalue weighted by Crippen LogP contribution is -2.39. The Bertz CT molecular complexity index is 1740. The van der Waals surface area contributed by atoms with E-state index < -0.39 is 15.4 Å². The number of aryl methyl sites for hydroxylation is 1. The standard InChI is InChI=1S/C27H27N7O5S/c1-15-25(29-9-8-28-15)17-10-23(34-24(11-17)40(5,36)37)32-20-12-22(31-16(2)35)30-13-18(20)19-6-7-21-26(33-19)38-14-27(3,4)39-21/h6-13H,14H2,1-5H3,(H2,30,31,32,34,35). The van der Waals surface area contributed by atoms with E-state index in [9.17, 15) is 13.2 Å². The van der Waals surface area contributed by atoms with Crippen molar-refractivity contribution in [3.05, 3.63) is 54.6 Å². The van der Waals surface area contributed by atoms with Crippen LogP contribution in [0, 0.1) is 6.92 Å². The van der Waals surface area contributed by atoms with Crippen molar-refractivity contribution in [3.8, 4) is 34.1 Å². The number of hydrogen-bond donors (Lipinski definition) is 2. The zero-order valence-corrected chi connectivity index (χ0v) is 23.3. The first-order valence-corrected chi connectivity index (χ1v) is 14.2. The minimum Gasteiger partial charge on any atom is -0.479 e. The lowest BCUT2D eigenvalue weighted by atomic mass is 10.1. The fourth-order valence-corrected chi connectivity index (χ4v) is 4.67. The molecule has 0 aromatic carbocycles. The minimum absolute atomic E-state index is 0.143. The Morgan fingerprint density at radius 1 is 1.02 bits per heavy atom. The highest BCUT2D eigenvalue weighted by atomic mass is 32.2. The first-order chi connectivity index (χ1) is 18.9. The van der Waals surface area contributed by atoms with Crippen LogP contribution >= 0.6 is 0 Å². The summed E-state index contributed by atoms with van der Waals surface area (Å²) < 4.78 is 36.9. The summed E-state index contributed by atoms with van der Waals surface area (Å²) in [6.07, 6.45) is 5.72. The molecule has 1 amide bonds. The predicted molar refractivity (Wildman–Crippen MR) is 148 cm³/mol. The number of anilines is 3. The lowest BCUT2D eigenvalue weighted by molar-refractivity contribution is -0.114. The molecule has 12 nitrogen and oxygen atoms in total. The second-order valence-electron chi connectivity index (χ2n) is 9.91. The molecule has 0 saturated heterocycles. The van der Waals surface area contributed by atoms with Crippen LogP contribution in [0.1, 0.15) is 26.5 Å². The highest BCUT2D eigenvalue weighted by Gasteiger charge is 2.29. The van der Waals surface area contributed by atoms with Gasteiger partial charge in [-0.25, -0.2) is 23.4 Å². The van der Waals surface area contributed by atoms with E-state index in [4.69, 9.17) is 9.47 Å². The maximum absolute atomic E-state index is 12.5. The van der Waals surface area contributed by atoms with E-state index >= 15 is 0 Å². The fraction of sp³-hybridized carbons (Fsp3) is 0.259. The monoisotopic (exact) mass is 561 g/mol. The van der Waals surface area contributed by atoms with Crippen molar-refractivity contribution in [2.75, 3.05) is 23.5 Å². The van der Waals surface area contributed by atoms with Gasteiger partial charge in [0.1, 0.15) is 23.8 Å². The Morgan fingerprint density at radius 3 is 2.52 bits per heavy atom. The summed E-state index contributed by atoms with van der Waals surface area (Å²) in [4.78, 5) is 33.7. The molecule has 0 aliphatic carbocycles. The van der Waals surface area contributed by atoms with Gasteiger partial charge in [0.15, 0.2) is 20.6 Å². The number of aromatic nitrogens is 5. The summed E-state index contributed by atoms with van der Waals surface area (Å²) in [6, 6.07) is 8.27. The number of nitrogens with one attached hydrogen (secondary N) is 2. The number of amides is 1. The number of carbonyl (C=O) groups excluding carboxylic acids is 1. The average Bonchev–Trinajstić information content (AvgIpc) is 2.87. The van der Waals surface area contributed by atoms with Crippen molar-refractivity contribution in [1.29, 1.82) is 0 Å². The van der Waals surface area contributed by atoms with E-state index in [1.807, 2.05) is 13.8 Å². The molecule has 0 fully saturated rings. The van der Waals surface area contributed by atoms with Gasteiger partial charge in [-0.15, -0.1) is 0 Å². The van der Waals surface area contributed by atoms with Crippen molar-refractivity contribution in [2.24, 2.45) is 0 Å². The number of hydrogen-bond acceptors (Lipinski definition) is 11. The van der Waals surface area contributed by atoms with Crippen molar-refractivity contribution in [2.45, 2.75) is 38.3 Å². The highest BCUT2D eigenvalue weighted by Crippen LogP contribution is 2.38. The number of sulfone groups is 1. The van der Waals surface area contributed by atoms with Gasteiger partial charge in [-0.3, -0.25) is 14.8 Å². The number of pyridine rings is 3. The Kier molecular flexibility index (Phi) is 6.84. The number of fused-ring (bicyclic) bond motifs is 1. The van der Waals surface area contributed by atoms with Crippen molar-refractivity contribution in [3.63, 3.8) is 0 Å². The maximum Gasteiger partial charge on any atom is 0.257 e. The van der Waals surface area contributed by atoms with Crippen LogP contribution in [0.15, 0.2) is 53.9 Å². The summed E-state index contributed by atoms with van der Waals surface area (Å²) in [5, 5.41) is 5.71. The van der Waals surface area contributed by atoms with Crippen LogP contribution < -0.4 is 20.1 Å². The van der Waals surface area contributed by atoms with E-state index in [1.54, 1.807) is 43.6 Å². The zero-order valence-electron chi connectivity index (χ0n) is 22.5. The van der Waals surface area contributed by atoms with Crippen molar-refractivity contribution in [1.82, 2.24) is 24.9 Å². The van der Waals surface area contributed by atoms with E-state index in [1.165, 1.54) is 19.2 Å². The molecular weight excluding hydrogens is 534 g/mol. The summed E-state index contributed by atoms with van der Waals surface area (Å²) in [5.74, 6) is 1.06. The molecule has 1 aliphatic heterocycles. The topological polar surface area (TPSA) is 158 Å². The normalized spacial score (nSPS) is 13.9. The molecule has 0 saturated carbocycles. The molecule has 2 N–H and O–H groups in total. The quantitative estimate of drug-likeness (QED) is 0.351. The second kappa shape index (κ2) is 10.2. The third-order valence-electron chi connectivity index (χ3n) is 5.85. The molecular formula is C27H27N7O5S. The summed E-state index contributed by atoms with van der Waals surface area (Å²) >= 11 is 0. The average molecular weight is 562 g/mol. The largest absolute Gasteiger partial charge is 0.479 e. The van der Waals surface area contributed by atoms with Crippen LogP contribution in [0.3, 0.4) is 0 Å². The predicted octanol–water partition coefficient (Wildman–Crippen LogP) is 3.96. The van der Waals surface area contributed by atoms with Crippen LogP contribution in [-0.4, -0.2) is 57.7 Å². The summed E-state index contributed by atoms with van der Waals surface area (Å²) in [5.41, 5.74) is 2.69. The molecule has 0 atom stereocenters. The molecule has 0 spiro atoms. The first-order valence-electron chi connectivity index (χ1n) is 12.3. The third kappa shape index (κ3) is 5.83. The van der Waals surface area contributed by atoms with E-state index in [0.717, 1.165) is 6.26 Å². The SMILES string of the molecule is CC(=O)Nc1cc(Nc2cc(-c3nccnc3C)cc(S(C)(=O)=O)n2)c(-c2ccc3c(n2)OCC(C)(C)O3)cn1. The number of carbonyl (C=O) groups is 1. The Morgan fingerprint density at radius 2 is 1.80 bits per heavy atom. The molecule has 0 unspecified atom stereocenters. The Hall–Kier alpha value is -4.65. The fourth-order valence-electron chi connectivity index (χ4n) is 4.06. The van der Waals surface area contributed by atoms with Gasteiger partial charge in [0.2, 0.25) is 5.91 Å². The zero-order chi connectivity index (χ0) is 28.7. The Labute approximate surface area is 231 Å².